The van der Waals surface area contributed by atoms with Gasteiger partial charge in [0.25, 0.3) is 11.1 Å². The first-order valence-electron chi connectivity index (χ1n) is 7.38. The van der Waals surface area contributed by atoms with Gasteiger partial charge in [0.15, 0.2) is 0 Å². The summed E-state index contributed by atoms with van der Waals surface area (Å²) in [6, 6.07) is 16.7. The highest BCUT2D eigenvalue weighted by Gasteiger charge is 2.34. The summed E-state index contributed by atoms with van der Waals surface area (Å²) in [4.78, 5) is 26.3. The number of benzene rings is 2. The van der Waals surface area contributed by atoms with Crippen molar-refractivity contribution in [3.63, 3.8) is 0 Å². The van der Waals surface area contributed by atoms with Crippen LogP contribution in [-0.2, 0) is 11.3 Å². The van der Waals surface area contributed by atoms with E-state index >= 15 is 0 Å². The van der Waals surface area contributed by atoms with Crippen molar-refractivity contribution in [1.82, 2.24) is 4.90 Å². The van der Waals surface area contributed by atoms with E-state index in [2.05, 4.69) is 0 Å². The minimum Gasteiger partial charge on any atom is -0.268 e. The van der Waals surface area contributed by atoms with E-state index in [4.69, 9.17) is 5.26 Å². The van der Waals surface area contributed by atoms with Crippen LogP contribution in [0.4, 0.5) is 4.79 Å². The molecule has 2 aromatic carbocycles. The smallest absolute Gasteiger partial charge is 0.268 e. The molecule has 5 heteroatoms. The van der Waals surface area contributed by atoms with Crippen molar-refractivity contribution < 1.29 is 9.59 Å². The Morgan fingerprint density at radius 2 is 1.75 bits per heavy atom. The second kappa shape index (κ2) is 6.73. The van der Waals surface area contributed by atoms with Crippen molar-refractivity contribution in [1.29, 1.82) is 5.26 Å². The molecule has 2 aromatic rings. The predicted octanol–water partition coefficient (Wildman–Crippen LogP) is 4.10. The van der Waals surface area contributed by atoms with E-state index in [-0.39, 0.29) is 17.7 Å². The summed E-state index contributed by atoms with van der Waals surface area (Å²) in [5.74, 6) is -0.282. The Hall–Kier alpha value is -2.84. The van der Waals surface area contributed by atoms with Crippen LogP contribution in [0.25, 0.3) is 6.08 Å². The fourth-order valence-corrected chi connectivity index (χ4v) is 3.16. The summed E-state index contributed by atoms with van der Waals surface area (Å²) in [6.45, 7) is 2.26. The van der Waals surface area contributed by atoms with Gasteiger partial charge in [0.1, 0.15) is 0 Å². The Morgan fingerprint density at radius 1 is 1.08 bits per heavy atom. The van der Waals surface area contributed by atoms with Crippen molar-refractivity contribution in [2.45, 2.75) is 13.5 Å². The van der Waals surface area contributed by atoms with E-state index in [1.165, 1.54) is 4.90 Å². The molecule has 1 saturated heterocycles. The number of aryl methyl sites for hydroxylation is 1. The van der Waals surface area contributed by atoms with Gasteiger partial charge in [-0.1, -0.05) is 42.0 Å². The Labute approximate surface area is 144 Å². The standard InChI is InChI=1S/C19H14N2O2S/c1-13-2-4-16(5-3-13)12-21-18(22)17(24-19(21)23)10-14-6-8-15(11-20)9-7-14/h2-10H,12H2,1H3/b17-10+. The van der Waals surface area contributed by atoms with Gasteiger partial charge in [-0.2, -0.15) is 5.26 Å². The van der Waals surface area contributed by atoms with Crippen LogP contribution < -0.4 is 0 Å². The predicted molar refractivity (Wildman–Crippen MR) is 93.9 cm³/mol. The number of carbonyl (C=O) groups excluding carboxylic acids is 2. The molecule has 0 radical (unpaired) electrons. The quantitative estimate of drug-likeness (QED) is 0.793. The van der Waals surface area contributed by atoms with Crippen molar-refractivity contribution >= 4 is 29.0 Å². The van der Waals surface area contributed by atoms with E-state index in [9.17, 15) is 9.59 Å². The molecule has 0 aromatic heterocycles. The topological polar surface area (TPSA) is 61.2 Å². The van der Waals surface area contributed by atoms with Gasteiger partial charge < -0.3 is 0 Å². The Morgan fingerprint density at radius 3 is 2.38 bits per heavy atom. The van der Waals surface area contributed by atoms with Crippen LogP contribution >= 0.6 is 11.8 Å². The Bertz CT molecular complexity index is 862. The molecule has 1 fully saturated rings. The van der Waals surface area contributed by atoms with Crippen LogP contribution in [0.1, 0.15) is 22.3 Å². The number of carbonyl (C=O) groups is 2. The molecule has 0 aliphatic carbocycles. The number of hydrogen-bond acceptors (Lipinski definition) is 4. The number of imide groups is 1. The molecule has 0 atom stereocenters. The lowest BCUT2D eigenvalue weighted by atomic mass is 10.1. The van der Waals surface area contributed by atoms with Gasteiger partial charge in [-0.15, -0.1) is 0 Å². The maximum atomic E-state index is 12.5. The first-order chi connectivity index (χ1) is 11.6. The molecular formula is C19H14N2O2S. The van der Waals surface area contributed by atoms with E-state index in [1.54, 1.807) is 30.3 Å². The summed E-state index contributed by atoms with van der Waals surface area (Å²) >= 11 is 0.943. The molecule has 1 heterocycles. The van der Waals surface area contributed by atoms with Gasteiger partial charge in [-0.05, 0) is 48.0 Å². The van der Waals surface area contributed by atoms with Gasteiger partial charge in [-0.25, -0.2) is 0 Å². The zero-order valence-electron chi connectivity index (χ0n) is 13.0. The van der Waals surface area contributed by atoms with Crippen molar-refractivity contribution in [3.05, 3.63) is 75.7 Å². The van der Waals surface area contributed by atoms with Crippen LogP contribution in [0.15, 0.2) is 53.4 Å². The summed E-state index contributed by atoms with van der Waals surface area (Å²) < 4.78 is 0. The van der Waals surface area contributed by atoms with Gasteiger partial charge in [0.2, 0.25) is 0 Å². The fraction of sp³-hybridized carbons (Fsp3) is 0.105. The third kappa shape index (κ3) is 3.39. The zero-order chi connectivity index (χ0) is 17.1. The van der Waals surface area contributed by atoms with E-state index < -0.39 is 0 Å². The van der Waals surface area contributed by atoms with Crippen LogP contribution in [0.2, 0.25) is 0 Å². The lowest BCUT2D eigenvalue weighted by Crippen LogP contribution is -2.27. The molecule has 0 saturated carbocycles. The highest BCUT2D eigenvalue weighted by molar-refractivity contribution is 8.18. The molecule has 1 aliphatic rings. The lowest BCUT2D eigenvalue weighted by Gasteiger charge is -2.12. The molecule has 24 heavy (non-hydrogen) atoms. The van der Waals surface area contributed by atoms with E-state index in [0.717, 1.165) is 28.5 Å². The third-order valence-corrected chi connectivity index (χ3v) is 4.58. The Kier molecular flexibility index (Phi) is 4.50. The Balaban J connectivity index is 1.79. The highest BCUT2D eigenvalue weighted by Crippen LogP contribution is 2.33. The maximum absolute atomic E-state index is 12.5. The second-order valence-corrected chi connectivity index (χ2v) is 6.48. The molecule has 118 valence electrons. The molecule has 0 unspecified atom stereocenters. The maximum Gasteiger partial charge on any atom is 0.293 e. The highest BCUT2D eigenvalue weighted by atomic mass is 32.2. The number of nitriles is 1. The fourth-order valence-electron chi connectivity index (χ4n) is 2.32. The molecular weight excluding hydrogens is 320 g/mol. The minimum absolute atomic E-state index is 0.263. The van der Waals surface area contributed by atoms with Crippen molar-refractivity contribution in [2.75, 3.05) is 0 Å². The molecule has 2 amide bonds. The molecule has 4 nitrogen and oxygen atoms in total. The summed E-state index contributed by atoms with van der Waals surface area (Å²) in [7, 11) is 0. The number of hydrogen-bond donors (Lipinski definition) is 0. The summed E-state index contributed by atoms with van der Waals surface area (Å²) in [6.07, 6.45) is 1.68. The molecule has 0 N–H and O–H groups in total. The first kappa shape index (κ1) is 16.0. The lowest BCUT2D eigenvalue weighted by molar-refractivity contribution is -0.123. The number of nitrogens with zero attached hydrogens (tertiary/aromatic N) is 2. The minimum atomic E-state index is -0.282. The largest absolute Gasteiger partial charge is 0.293 e. The zero-order valence-corrected chi connectivity index (χ0v) is 13.8. The molecule has 3 rings (SSSR count). The summed E-state index contributed by atoms with van der Waals surface area (Å²) in [5.41, 5.74) is 3.39. The van der Waals surface area contributed by atoms with Crippen LogP contribution in [0, 0.1) is 18.3 Å². The van der Waals surface area contributed by atoms with Gasteiger partial charge in [-0.3, -0.25) is 14.5 Å². The number of thioether (sulfide) groups is 1. The van der Waals surface area contributed by atoms with Gasteiger partial charge in [0.05, 0.1) is 23.1 Å². The van der Waals surface area contributed by atoms with Crippen molar-refractivity contribution in [2.24, 2.45) is 0 Å². The normalized spacial score (nSPS) is 15.8. The average Bonchev–Trinajstić information content (AvgIpc) is 2.85. The third-order valence-electron chi connectivity index (χ3n) is 3.67. The van der Waals surface area contributed by atoms with Crippen LogP contribution in [-0.4, -0.2) is 16.0 Å². The van der Waals surface area contributed by atoms with Gasteiger partial charge in [0, 0.05) is 0 Å². The average molecular weight is 334 g/mol. The summed E-state index contributed by atoms with van der Waals surface area (Å²) in [5, 5.41) is 8.54. The van der Waals surface area contributed by atoms with Gasteiger partial charge >= 0.3 is 0 Å². The number of amides is 2. The van der Waals surface area contributed by atoms with Crippen LogP contribution in [0.5, 0.6) is 0 Å². The van der Waals surface area contributed by atoms with Crippen LogP contribution in [0.3, 0.4) is 0 Å². The molecule has 1 aliphatic heterocycles. The first-order valence-corrected chi connectivity index (χ1v) is 8.19. The monoisotopic (exact) mass is 334 g/mol. The SMILES string of the molecule is Cc1ccc(CN2C(=O)S/C(=C/c3ccc(C#N)cc3)C2=O)cc1. The number of rotatable bonds is 3. The van der Waals surface area contributed by atoms with Crippen molar-refractivity contribution in [3.8, 4) is 6.07 Å². The van der Waals surface area contributed by atoms with E-state index in [1.807, 2.05) is 37.3 Å². The molecule has 0 bridgehead atoms. The molecule has 0 spiro atoms. The van der Waals surface area contributed by atoms with E-state index in [0.29, 0.717) is 10.5 Å². The second-order valence-electron chi connectivity index (χ2n) is 5.49.